The lowest BCUT2D eigenvalue weighted by Crippen LogP contribution is -2.12. The van der Waals surface area contributed by atoms with Crippen molar-refractivity contribution in [3.05, 3.63) is 54.5 Å². The number of primary sulfonamides is 1. The number of nitrogens with one attached hydrogen (secondary N) is 1. The Bertz CT molecular complexity index is 716. The number of benzene rings is 1. The summed E-state index contributed by atoms with van der Waals surface area (Å²) in [7, 11) is -3.73. The van der Waals surface area contributed by atoms with Gasteiger partial charge in [-0.1, -0.05) is 0 Å². The first kappa shape index (κ1) is 14.0. The van der Waals surface area contributed by atoms with E-state index in [1.807, 2.05) is 0 Å². The second-order valence-corrected chi connectivity index (χ2v) is 5.47. The van der Waals surface area contributed by atoms with Crippen molar-refractivity contribution >= 4 is 27.7 Å². The largest absolute Gasteiger partial charge is 0.465 e. The average Bonchev–Trinajstić information content (AvgIpc) is 2.89. The van der Waals surface area contributed by atoms with Crippen LogP contribution in [0, 0.1) is 0 Å². The van der Waals surface area contributed by atoms with Gasteiger partial charge in [-0.25, -0.2) is 13.6 Å². The van der Waals surface area contributed by atoms with E-state index in [0.29, 0.717) is 11.4 Å². The van der Waals surface area contributed by atoms with Crippen molar-refractivity contribution < 1.29 is 17.6 Å². The van der Waals surface area contributed by atoms with Crippen LogP contribution in [-0.4, -0.2) is 14.3 Å². The first-order valence-corrected chi connectivity index (χ1v) is 7.15. The van der Waals surface area contributed by atoms with Gasteiger partial charge in [0.25, 0.3) is 0 Å². The van der Waals surface area contributed by atoms with Gasteiger partial charge in [0.05, 0.1) is 11.2 Å². The van der Waals surface area contributed by atoms with Crippen molar-refractivity contribution in [1.29, 1.82) is 0 Å². The Morgan fingerprint density at radius 1 is 1.20 bits per heavy atom. The number of carbonyl (C=O) groups is 1. The third-order valence-electron chi connectivity index (χ3n) is 2.39. The summed E-state index contributed by atoms with van der Waals surface area (Å²) in [5.41, 5.74) is 0.464. The summed E-state index contributed by atoms with van der Waals surface area (Å²) < 4.78 is 27.2. The molecular formula is C13H12N2O4S. The topological polar surface area (TPSA) is 102 Å². The Morgan fingerprint density at radius 2 is 1.90 bits per heavy atom. The van der Waals surface area contributed by atoms with Crippen molar-refractivity contribution in [3.8, 4) is 0 Å². The number of furan rings is 1. The van der Waals surface area contributed by atoms with Crippen LogP contribution >= 0.6 is 0 Å². The molecule has 7 heteroatoms. The fourth-order valence-corrected chi connectivity index (χ4v) is 1.97. The molecule has 0 bridgehead atoms. The molecule has 0 spiro atoms. The quantitative estimate of drug-likeness (QED) is 0.835. The molecule has 104 valence electrons. The zero-order chi connectivity index (χ0) is 14.6. The van der Waals surface area contributed by atoms with Gasteiger partial charge < -0.3 is 9.73 Å². The molecular weight excluding hydrogens is 280 g/mol. The Hall–Kier alpha value is -2.38. The maximum Gasteiger partial charge on any atom is 0.248 e. The molecule has 0 saturated heterocycles. The van der Waals surface area contributed by atoms with Crippen LogP contribution in [0.15, 0.2) is 58.1 Å². The molecule has 0 atom stereocenters. The normalized spacial score (nSPS) is 11.7. The summed E-state index contributed by atoms with van der Waals surface area (Å²) in [5.74, 6) is 0.203. The SMILES string of the molecule is NS(=O)(=O)c1ccc(NC(=O)/C=C/c2ccco2)cc1. The van der Waals surface area contributed by atoms with E-state index < -0.39 is 10.0 Å². The fourth-order valence-electron chi connectivity index (χ4n) is 1.46. The number of hydrogen-bond donors (Lipinski definition) is 2. The van der Waals surface area contributed by atoms with Gasteiger partial charge >= 0.3 is 0 Å². The van der Waals surface area contributed by atoms with Gasteiger partial charge in [0.2, 0.25) is 15.9 Å². The van der Waals surface area contributed by atoms with E-state index in [1.54, 1.807) is 12.1 Å². The van der Waals surface area contributed by atoms with E-state index in [2.05, 4.69) is 5.32 Å². The molecule has 0 aliphatic carbocycles. The van der Waals surface area contributed by atoms with Gasteiger partial charge in [-0.15, -0.1) is 0 Å². The van der Waals surface area contributed by atoms with Crippen LogP contribution in [0.3, 0.4) is 0 Å². The lowest BCUT2D eigenvalue weighted by molar-refractivity contribution is -0.111. The first-order chi connectivity index (χ1) is 9.45. The van der Waals surface area contributed by atoms with Crippen LogP contribution in [0.4, 0.5) is 5.69 Å². The zero-order valence-corrected chi connectivity index (χ0v) is 11.1. The van der Waals surface area contributed by atoms with Gasteiger partial charge in [-0.2, -0.15) is 0 Å². The van der Waals surface area contributed by atoms with Crippen molar-refractivity contribution in [2.24, 2.45) is 5.14 Å². The van der Waals surface area contributed by atoms with E-state index in [-0.39, 0.29) is 10.8 Å². The maximum absolute atomic E-state index is 11.6. The minimum absolute atomic E-state index is 0.0124. The summed E-state index contributed by atoms with van der Waals surface area (Å²) in [4.78, 5) is 11.6. The Morgan fingerprint density at radius 3 is 2.45 bits per heavy atom. The van der Waals surface area contributed by atoms with Gasteiger partial charge in [0, 0.05) is 11.8 Å². The lowest BCUT2D eigenvalue weighted by Gasteiger charge is -2.03. The molecule has 1 aromatic carbocycles. The van der Waals surface area contributed by atoms with E-state index in [9.17, 15) is 13.2 Å². The minimum Gasteiger partial charge on any atom is -0.465 e. The van der Waals surface area contributed by atoms with E-state index in [1.165, 1.54) is 42.7 Å². The Kier molecular flexibility index (Phi) is 4.02. The summed E-state index contributed by atoms with van der Waals surface area (Å²) in [6.45, 7) is 0. The fraction of sp³-hybridized carbons (Fsp3) is 0. The van der Waals surface area contributed by atoms with Gasteiger partial charge in [-0.3, -0.25) is 4.79 Å². The van der Waals surface area contributed by atoms with Crippen LogP contribution in [0.2, 0.25) is 0 Å². The maximum atomic E-state index is 11.6. The van der Waals surface area contributed by atoms with Crippen molar-refractivity contribution in [3.63, 3.8) is 0 Å². The average molecular weight is 292 g/mol. The minimum atomic E-state index is -3.73. The molecule has 0 aliphatic rings. The van der Waals surface area contributed by atoms with Crippen LogP contribution in [0.5, 0.6) is 0 Å². The van der Waals surface area contributed by atoms with E-state index in [0.717, 1.165) is 0 Å². The molecule has 20 heavy (non-hydrogen) atoms. The second kappa shape index (κ2) is 5.72. The first-order valence-electron chi connectivity index (χ1n) is 5.60. The highest BCUT2D eigenvalue weighted by Gasteiger charge is 2.07. The lowest BCUT2D eigenvalue weighted by atomic mass is 10.3. The molecule has 6 nitrogen and oxygen atoms in total. The second-order valence-electron chi connectivity index (χ2n) is 3.91. The molecule has 3 N–H and O–H groups in total. The number of nitrogens with two attached hydrogens (primary N) is 1. The number of hydrogen-bond acceptors (Lipinski definition) is 4. The van der Waals surface area contributed by atoms with Crippen molar-refractivity contribution in [1.82, 2.24) is 0 Å². The molecule has 1 aromatic heterocycles. The molecule has 1 heterocycles. The molecule has 2 rings (SSSR count). The molecule has 0 saturated carbocycles. The number of anilines is 1. The van der Waals surface area contributed by atoms with Crippen LogP contribution in [0.25, 0.3) is 6.08 Å². The van der Waals surface area contributed by atoms with Crippen molar-refractivity contribution in [2.45, 2.75) is 4.90 Å². The molecule has 0 fully saturated rings. The van der Waals surface area contributed by atoms with E-state index in [4.69, 9.17) is 9.56 Å². The molecule has 0 radical (unpaired) electrons. The molecule has 0 unspecified atom stereocenters. The van der Waals surface area contributed by atoms with Gasteiger partial charge in [-0.05, 0) is 42.5 Å². The van der Waals surface area contributed by atoms with Crippen LogP contribution in [-0.2, 0) is 14.8 Å². The summed E-state index contributed by atoms with van der Waals surface area (Å²) in [5, 5.41) is 7.55. The predicted octanol–water partition coefficient (Wildman–Crippen LogP) is 1.58. The molecule has 0 aliphatic heterocycles. The summed E-state index contributed by atoms with van der Waals surface area (Å²) in [6, 6.07) is 8.98. The molecule has 1 amide bonds. The molecule has 2 aromatic rings. The van der Waals surface area contributed by atoms with Crippen LogP contribution < -0.4 is 10.5 Å². The summed E-state index contributed by atoms with van der Waals surface area (Å²) in [6.07, 6.45) is 4.34. The summed E-state index contributed by atoms with van der Waals surface area (Å²) >= 11 is 0. The smallest absolute Gasteiger partial charge is 0.248 e. The Balaban J connectivity index is 2.01. The van der Waals surface area contributed by atoms with Crippen LogP contribution in [0.1, 0.15) is 5.76 Å². The highest BCUT2D eigenvalue weighted by Crippen LogP contribution is 2.12. The number of carbonyl (C=O) groups excluding carboxylic acids is 1. The number of sulfonamides is 1. The highest BCUT2D eigenvalue weighted by molar-refractivity contribution is 7.89. The third kappa shape index (κ3) is 3.81. The highest BCUT2D eigenvalue weighted by atomic mass is 32.2. The van der Waals surface area contributed by atoms with E-state index >= 15 is 0 Å². The number of amides is 1. The zero-order valence-electron chi connectivity index (χ0n) is 10.3. The third-order valence-corrected chi connectivity index (χ3v) is 3.32. The Labute approximate surface area is 116 Å². The van der Waals surface area contributed by atoms with Gasteiger partial charge in [0.1, 0.15) is 5.76 Å². The standard InChI is InChI=1S/C13H12N2O4S/c14-20(17,18)12-6-3-10(4-7-12)15-13(16)8-5-11-2-1-9-19-11/h1-9H,(H,15,16)(H2,14,17,18)/b8-5+. The predicted molar refractivity (Wildman–Crippen MR) is 74.2 cm³/mol. The van der Waals surface area contributed by atoms with Gasteiger partial charge in [0.15, 0.2) is 0 Å². The monoisotopic (exact) mass is 292 g/mol. The van der Waals surface area contributed by atoms with Crippen molar-refractivity contribution in [2.75, 3.05) is 5.32 Å². The number of rotatable bonds is 4.